The molecule has 0 bridgehead atoms. The minimum Gasteiger partial charge on any atom is -0.505 e. The minimum atomic E-state index is -0.824. The number of fused-ring (bicyclic) bond motifs is 1. The van der Waals surface area contributed by atoms with Crippen LogP contribution in [0.25, 0.3) is 11.4 Å². The van der Waals surface area contributed by atoms with Crippen molar-refractivity contribution in [3.8, 4) is 11.5 Å². The van der Waals surface area contributed by atoms with E-state index in [4.69, 9.17) is 14.2 Å². The number of Topliss-reactive ketones (excluding diaryl/α,β-unsaturated/α-hetero) is 1. The Morgan fingerprint density at radius 1 is 1.02 bits per heavy atom. The summed E-state index contributed by atoms with van der Waals surface area (Å²) in [5.74, 6) is -0.580. The third-order valence-electron chi connectivity index (χ3n) is 7.18. The van der Waals surface area contributed by atoms with Gasteiger partial charge in [0.25, 0.3) is 11.7 Å². The van der Waals surface area contributed by atoms with Gasteiger partial charge in [-0.25, -0.2) is 4.98 Å². The minimum absolute atomic E-state index is 0.00522. The molecule has 1 saturated heterocycles. The van der Waals surface area contributed by atoms with Crippen LogP contribution in [0, 0.1) is 13.8 Å². The highest BCUT2D eigenvalue weighted by Crippen LogP contribution is 2.42. The van der Waals surface area contributed by atoms with Crippen LogP contribution in [-0.2, 0) is 14.3 Å². The van der Waals surface area contributed by atoms with Crippen LogP contribution in [0.5, 0.6) is 11.5 Å². The largest absolute Gasteiger partial charge is 0.505 e. The lowest BCUT2D eigenvalue weighted by Crippen LogP contribution is -2.31. The van der Waals surface area contributed by atoms with Gasteiger partial charge < -0.3 is 28.6 Å². The number of aromatic nitrogens is 2. The van der Waals surface area contributed by atoms with E-state index < -0.39 is 17.7 Å². The van der Waals surface area contributed by atoms with Gasteiger partial charge in [-0.3, -0.25) is 9.59 Å². The van der Waals surface area contributed by atoms with E-state index in [-0.39, 0.29) is 23.6 Å². The monoisotopic (exact) mass is 549 g/mol. The predicted octanol–water partition coefficient (Wildman–Crippen LogP) is 5.38. The van der Waals surface area contributed by atoms with Gasteiger partial charge in [0, 0.05) is 26.5 Å². The maximum absolute atomic E-state index is 13.5. The van der Waals surface area contributed by atoms with Crippen molar-refractivity contribution in [2.24, 2.45) is 0 Å². The number of methoxy groups -OCH3 is 1. The fraction of sp³-hybridized carbons (Fsp3) is 0.452. The molecule has 1 amide bonds. The molecule has 0 aliphatic carbocycles. The zero-order valence-corrected chi connectivity index (χ0v) is 24.0. The second-order valence-electron chi connectivity index (χ2n) is 9.96. The molecule has 4 rings (SSSR count). The number of unbranched alkanes of at least 4 members (excludes halogenated alkanes) is 2. The summed E-state index contributed by atoms with van der Waals surface area (Å²) in [7, 11) is 1.59. The standard InChI is InChI=1S/C31H39N3O6/c1-6-8-9-18-40-23-14-13-22(19-24(23)39-7-2)27-25(29(36)31(37)34(27)16-11-17-38-5)28(35)26-21(4)33-15-10-12-20(3)30(33)32-26/h10,12-15,19,27,35H,6-9,11,16-18H2,1-5H3/b28-25+. The van der Waals surface area contributed by atoms with Crippen molar-refractivity contribution in [3.63, 3.8) is 0 Å². The molecule has 1 fully saturated rings. The van der Waals surface area contributed by atoms with Gasteiger partial charge in [0.15, 0.2) is 17.3 Å². The van der Waals surface area contributed by atoms with Crippen molar-refractivity contribution in [1.82, 2.24) is 14.3 Å². The zero-order chi connectivity index (χ0) is 28.8. The van der Waals surface area contributed by atoms with Gasteiger partial charge >= 0.3 is 0 Å². The molecule has 1 aliphatic rings. The molecular formula is C31H39N3O6. The lowest BCUT2D eigenvalue weighted by Gasteiger charge is -2.26. The van der Waals surface area contributed by atoms with Crippen LogP contribution in [0.3, 0.4) is 0 Å². The van der Waals surface area contributed by atoms with E-state index in [1.165, 1.54) is 4.90 Å². The van der Waals surface area contributed by atoms with E-state index >= 15 is 0 Å². The molecule has 3 aromatic rings. The first-order chi connectivity index (χ1) is 19.3. The van der Waals surface area contributed by atoms with Crippen LogP contribution < -0.4 is 9.47 Å². The molecule has 1 unspecified atom stereocenters. The highest BCUT2D eigenvalue weighted by atomic mass is 16.5. The summed E-state index contributed by atoms with van der Waals surface area (Å²) in [6.07, 6.45) is 5.48. The molecule has 9 heteroatoms. The molecule has 214 valence electrons. The summed E-state index contributed by atoms with van der Waals surface area (Å²) in [4.78, 5) is 33.0. The first-order valence-electron chi connectivity index (χ1n) is 13.9. The Morgan fingerprint density at radius 3 is 2.52 bits per heavy atom. The molecule has 1 N–H and O–H groups in total. The number of aliphatic hydroxyl groups excluding tert-OH is 1. The van der Waals surface area contributed by atoms with Crippen molar-refractivity contribution in [2.45, 2.75) is 59.4 Å². The maximum Gasteiger partial charge on any atom is 0.295 e. The van der Waals surface area contributed by atoms with Crippen LogP contribution in [0.2, 0.25) is 0 Å². The Kier molecular flexibility index (Phi) is 9.47. The fourth-order valence-corrected chi connectivity index (χ4v) is 5.13. The number of benzene rings is 1. The quantitative estimate of drug-likeness (QED) is 0.132. The van der Waals surface area contributed by atoms with Crippen molar-refractivity contribution in [3.05, 3.63) is 64.6 Å². The van der Waals surface area contributed by atoms with E-state index in [2.05, 4.69) is 11.9 Å². The lowest BCUT2D eigenvalue weighted by atomic mass is 9.96. The maximum atomic E-state index is 13.5. The highest BCUT2D eigenvalue weighted by Gasteiger charge is 2.46. The van der Waals surface area contributed by atoms with Gasteiger partial charge in [0.2, 0.25) is 0 Å². The van der Waals surface area contributed by atoms with E-state index in [1.54, 1.807) is 19.2 Å². The number of nitrogens with zero attached hydrogens (tertiary/aromatic N) is 3. The fourth-order valence-electron chi connectivity index (χ4n) is 5.13. The summed E-state index contributed by atoms with van der Waals surface area (Å²) in [5, 5.41) is 11.6. The summed E-state index contributed by atoms with van der Waals surface area (Å²) in [6.45, 7) is 9.48. The SMILES string of the molecule is CCCCCOc1ccc(C2/C(=C(\O)c3nc4c(C)cccn4c3C)C(=O)C(=O)N2CCCOC)cc1OCC. The smallest absolute Gasteiger partial charge is 0.295 e. The van der Waals surface area contributed by atoms with Crippen molar-refractivity contribution in [1.29, 1.82) is 0 Å². The van der Waals surface area contributed by atoms with Crippen molar-refractivity contribution in [2.75, 3.05) is 33.5 Å². The lowest BCUT2D eigenvalue weighted by molar-refractivity contribution is -0.140. The van der Waals surface area contributed by atoms with Crippen LogP contribution in [-0.4, -0.2) is 64.6 Å². The normalized spacial score (nSPS) is 16.7. The molecule has 3 heterocycles. The van der Waals surface area contributed by atoms with E-state index in [0.717, 1.165) is 24.8 Å². The highest BCUT2D eigenvalue weighted by molar-refractivity contribution is 6.46. The summed E-state index contributed by atoms with van der Waals surface area (Å²) in [5.41, 5.74) is 3.19. The number of carbonyl (C=O) groups excluding carboxylic acids is 2. The van der Waals surface area contributed by atoms with E-state index in [0.29, 0.717) is 54.6 Å². The summed E-state index contributed by atoms with van der Waals surface area (Å²) in [6, 6.07) is 8.44. The van der Waals surface area contributed by atoms with Crippen molar-refractivity contribution < 1.29 is 28.9 Å². The van der Waals surface area contributed by atoms with Crippen LogP contribution in [0.4, 0.5) is 0 Å². The van der Waals surface area contributed by atoms with Gasteiger partial charge in [0.1, 0.15) is 11.3 Å². The second kappa shape index (κ2) is 13.0. The predicted molar refractivity (Wildman–Crippen MR) is 153 cm³/mol. The third kappa shape index (κ3) is 5.70. The van der Waals surface area contributed by atoms with Crippen molar-refractivity contribution >= 4 is 23.1 Å². The number of rotatable bonds is 13. The molecule has 40 heavy (non-hydrogen) atoms. The first-order valence-corrected chi connectivity index (χ1v) is 13.9. The molecule has 1 aliphatic heterocycles. The number of aryl methyl sites for hydroxylation is 2. The summed E-state index contributed by atoms with van der Waals surface area (Å²) < 4.78 is 19.0. The van der Waals surface area contributed by atoms with Crippen LogP contribution in [0.15, 0.2) is 42.1 Å². The zero-order valence-electron chi connectivity index (χ0n) is 24.0. The number of carbonyl (C=O) groups is 2. The number of imidazole rings is 1. The number of aliphatic hydroxyl groups is 1. The van der Waals surface area contributed by atoms with Gasteiger partial charge in [-0.1, -0.05) is 31.9 Å². The molecular weight excluding hydrogens is 510 g/mol. The van der Waals surface area contributed by atoms with Gasteiger partial charge in [0.05, 0.1) is 30.5 Å². The number of ketones is 1. The van der Waals surface area contributed by atoms with Gasteiger partial charge in [-0.15, -0.1) is 0 Å². The van der Waals surface area contributed by atoms with Crippen LogP contribution in [0.1, 0.15) is 68.1 Å². The molecule has 2 aromatic heterocycles. The number of pyridine rings is 1. The number of amides is 1. The Labute approximate surface area is 235 Å². The number of hydrogen-bond donors (Lipinski definition) is 1. The van der Waals surface area contributed by atoms with E-state index in [1.807, 2.05) is 49.6 Å². The Morgan fingerprint density at radius 2 is 1.82 bits per heavy atom. The Hall–Kier alpha value is -3.85. The number of hydrogen-bond acceptors (Lipinski definition) is 7. The Balaban J connectivity index is 1.83. The molecule has 0 radical (unpaired) electrons. The molecule has 0 saturated carbocycles. The summed E-state index contributed by atoms with van der Waals surface area (Å²) >= 11 is 0. The van der Waals surface area contributed by atoms with Gasteiger partial charge in [-0.05, 0) is 62.9 Å². The van der Waals surface area contributed by atoms with Gasteiger partial charge in [-0.2, -0.15) is 0 Å². The third-order valence-corrected chi connectivity index (χ3v) is 7.18. The topological polar surface area (TPSA) is 103 Å². The number of ether oxygens (including phenoxy) is 3. The van der Waals surface area contributed by atoms with Crippen LogP contribution >= 0.6 is 0 Å². The first kappa shape index (κ1) is 29.1. The number of likely N-dealkylation sites (tertiary alicyclic amines) is 1. The average Bonchev–Trinajstić information content (AvgIpc) is 3.42. The second-order valence-corrected chi connectivity index (χ2v) is 9.96. The average molecular weight is 550 g/mol. The molecule has 1 aromatic carbocycles. The van der Waals surface area contributed by atoms with E-state index in [9.17, 15) is 14.7 Å². The molecule has 1 atom stereocenters. The molecule has 0 spiro atoms. The molecule has 9 nitrogen and oxygen atoms in total. The Bertz CT molecular complexity index is 1410.